The van der Waals surface area contributed by atoms with Gasteiger partial charge < -0.3 is 9.47 Å². The Kier molecular flexibility index (Phi) is 4.63. The summed E-state index contributed by atoms with van der Waals surface area (Å²) in [6.45, 7) is 5.43. The van der Waals surface area contributed by atoms with Gasteiger partial charge in [0.15, 0.2) is 0 Å². The van der Waals surface area contributed by atoms with Gasteiger partial charge in [0.1, 0.15) is 12.2 Å². The van der Waals surface area contributed by atoms with E-state index in [1.807, 2.05) is 6.92 Å². The summed E-state index contributed by atoms with van der Waals surface area (Å²) in [6, 6.07) is 0. The topological polar surface area (TPSA) is 38.8 Å². The number of ether oxygens (including phenoxy) is 2. The van der Waals surface area contributed by atoms with Crippen molar-refractivity contribution in [2.24, 2.45) is 0 Å². The molecule has 1 rings (SSSR count). The van der Waals surface area contributed by atoms with Crippen molar-refractivity contribution in [1.82, 2.24) is 0 Å². The van der Waals surface area contributed by atoms with E-state index in [4.69, 9.17) is 21.1 Å². The summed E-state index contributed by atoms with van der Waals surface area (Å²) in [5.41, 5.74) is 3.56. The van der Waals surface area contributed by atoms with E-state index in [0.29, 0.717) is 6.42 Å². The number of hydrogen-bond donors (Lipinski definition) is 0. The summed E-state index contributed by atoms with van der Waals surface area (Å²) in [4.78, 5) is 11.1. The van der Waals surface area contributed by atoms with Gasteiger partial charge in [-0.2, -0.15) is 0 Å². The van der Waals surface area contributed by atoms with E-state index in [1.54, 1.807) is 6.08 Å². The average Bonchev–Trinajstić information content (AvgIpc) is 2.93. The van der Waals surface area contributed by atoms with Crippen molar-refractivity contribution < 1.29 is 14.3 Å². The third-order valence-electron chi connectivity index (χ3n) is 2.00. The molecule has 0 amide bonds. The predicted octanol–water partition coefficient (Wildman–Crippen LogP) is 2.17. The normalized spacial score (nSPS) is 24.7. The van der Waals surface area contributed by atoms with Crippen LogP contribution < -0.4 is 0 Å². The fourth-order valence-electron chi connectivity index (χ4n) is 1.26. The van der Waals surface area contributed by atoms with E-state index < -0.39 is 5.97 Å². The van der Waals surface area contributed by atoms with Gasteiger partial charge in [-0.1, -0.05) is 17.7 Å². The average molecular weight is 229 g/mol. The molecule has 82 valence electrons. The quantitative estimate of drug-likeness (QED) is 0.238. The van der Waals surface area contributed by atoms with Gasteiger partial charge in [0.25, 0.3) is 0 Å². The van der Waals surface area contributed by atoms with Crippen molar-refractivity contribution >= 4 is 17.6 Å². The monoisotopic (exact) mass is 228 g/mol. The highest BCUT2D eigenvalue weighted by Gasteiger charge is 2.37. The SMILES string of the molecule is C=C[C@H]1O[C@@H]1C[C@@H](C)OC(=O)C=C=CCl. The van der Waals surface area contributed by atoms with Crippen LogP contribution in [0.4, 0.5) is 0 Å². The molecule has 0 spiro atoms. The first-order valence-electron chi connectivity index (χ1n) is 4.67. The van der Waals surface area contributed by atoms with Crippen molar-refractivity contribution in [3.8, 4) is 0 Å². The van der Waals surface area contributed by atoms with Crippen LogP contribution >= 0.6 is 11.6 Å². The van der Waals surface area contributed by atoms with E-state index in [9.17, 15) is 4.79 Å². The second-order valence-corrected chi connectivity index (χ2v) is 3.50. The van der Waals surface area contributed by atoms with Crippen LogP contribution in [-0.2, 0) is 14.3 Å². The zero-order valence-corrected chi connectivity index (χ0v) is 9.24. The van der Waals surface area contributed by atoms with Gasteiger partial charge >= 0.3 is 5.97 Å². The van der Waals surface area contributed by atoms with Crippen molar-refractivity contribution in [2.75, 3.05) is 0 Å². The Balaban J connectivity index is 2.24. The molecule has 1 aliphatic rings. The lowest BCUT2D eigenvalue weighted by Crippen LogP contribution is -2.15. The molecule has 1 saturated heterocycles. The number of carbonyl (C=O) groups is 1. The Bertz CT molecular complexity index is 305. The second kappa shape index (κ2) is 5.76. The molecule has 1 aliphatic heterocycles. The van der Waals surface area contributed by atoms with Crippen LogP contribution in [-0.4, -0.2) is 24.3 Å². The predicted molar refractivity (Wildman–Crippen MR) is 57.5 cm³/mol. The lowest BCUT2D eigenvalue weighted by molar-refractivity contribution is -0.142. The molecule has 0 aromatic carbocycles. The molecule has 15 heavy (non-hydrogen) atoms. The molecule has 0 N–H and O–H groups in total. The van der Waals surface area contributed by atoms with Gasteiger partial charge in [0, 0.05) is 12.0 Å². The van der Waals surface area contributed by atoms with E-state index in [2.05, 4.69) is 12.3 Å². The van der Waals surface area contributed by atoms with Gasteiger partial charge in [-0.15, -0.1) is 12.3 Å². The maximum atomic E-state index is 11.1. The van der Waals surface area contributed by atoms with Crippen LogP contribution in [0.5, 0.6) is 0 Å². The third kappa shape index (κ3) is 4.34. The van der Waals surface area contributed by atoms with E-state index in [0.717, 1.165) is 11.6 Å². The highest BCUT2D eigenvalue weighted by atomic mass is 35.5. The van der Waals surface area contributed by atoms with Crippen LogP contribution in [0.25, 0.3) is 0 Å². The lowest BCUT2D eigenvalue weighted by Gasteiger charge is -2.09. The Hall–Kier alpha value is -1.02. The zero-order chi connectivity index (χ0) is 11.3. The summed E-state index contributed by atoms with van der Waals surface area (Å²) >= 11 is 5.21. The number of epoxide rings is 1. The molecule has 4 heteroatoms. The molecule has 3 nitrogen and oxygen atoms in total. The number of rotatable bonds is 5. The Labute approximate surface area is 94.0 Å². The minimum atomic E-state index is -0.449. The molecule has 0 aromatic heterocycles. The lowest BCUT2D eigenvalue weighted by atomic mass is 10.2. The molecule has 0 aromatic rings. The zero-order valence-electron chi connectivity index (χ0n) is 8.48. The Morgan fingerprint density at radius 1 is 1.80 bits per heavy atom. The fourth-order valence-corrected chi connectivity index (χ4v) is 1.32. The first-order valence-corrected chi connectivity index (χ1v) is 5.10. The number of hydrogen-bond acceptors (Lipinski definition) is 3. The molecular formula is C11H13ClO3. The molecular weight excluding hydrogens is 216 g/mol. The largest absolute Gasteiger partial charge is 0.459 e. The standard InChI is InChI=1S/C11H13ClO3/c1-3-9-10(15-9)7-8(2)14-11(13)5-4-6-12/h3,5-6,8-10H,1,7H2,2H3/t4?,8-,9-,10-/m1/s1. The van der Waals surface area contributed by atoms with Crippen molar-refractivity contribution in [3.05, 3.63) is 30.0 Å². The first-order chi connectivity index (χ1) is 7.17. The number of carbonyl (C=O) groups excluding carboxylic acids is 1. The highest BCUT2D eigenvalue weighted by Crippen LogP contribution is 2.27. The van der Waals surface area contributed by atoms with Crippen LogP contribution in [0, 0.1) is 0 Å². The maximum Gasteiger partial charge on any atom is 0.338 e. The van der Waals surface area contributed by atoms with Gasteiger partial charge in [0.2, 0.25) is 0 Å². The third-order valence-corrected chi connectivity index (χ3v) is 2.13. The molecule has 0 bridgehead atoms. The van der Waals surface area contributed by atoms with Crippen LogP contribution in [0.3, 0.4) is 0 Å². The van der Waals surface area contributed by atoms with Crippen molar-refractivity contribution in [2.45, 2.75) is 31.7 Å². The van der Waals surface area contributed by atoms with Gasteiger partial charge in [-0.3, -0.25) is 0 Å². The summed E-state index contributed by atoms with van der Waals surface area (Å²) in [5, 5.41) is 0. The van der Waals surface area contributed by atoms with Crippen LogP contribution in [0.15, 0.2) is 30.0 Å². The van der Waals surface area contributed by atoms with Crippen LogP contribution in [0.1, 0.15) is 13.3 Å². The Morgan fingerprint density at radius 3 is 3.07 bits per heavy atom. The van der Waals surface area contributed by atoms with E-state index in [1.165, 1.54) is 0 Å². The molecule has 3 atom stereocenters. The molecule has 0 aliphatic carbocycles. The van der Waals surface area contributed by atoms with Gasteiger partial charge in [0.05, 0.1) is 12.2 Å². The van der Waals surface area contributed by atoms with Crippen LogP contribution in [0.2, 0.25) is 0 Å². The second-order valence-electron chi connectivity index (χ2n) is 3.28. The van der Waals surface area contributed by atoms with E-state index in [-0.39, 0.29) is 18.3 Å². The fraction of sp³-hybridized carbons (Fsp3) is 0.455. The van der Waals surface area contributed by atoms with Crippen molar-refractivity contribution in [1.29, 1.82) is 0 Å². The molecule has 1 heterocycles. The number of halogens is 1. The first kappa shape index (κ1) is 12.1. The molecule has 0 unspecified atom stereocenters. The number of esters is 1. The van der Waals surface area contributed by atoms with Crippen molar-refractivity contribution in [3.63, 3.8) is 0 Å². The van der Waals surface area contributed by atoms with Gasteiger partial charge in [-0.05, 0) is 6.92 Å². The Morgan fingerprint density at radius 2 is 2.53 bits per heavy atom. The smallest absolute Gasteiger partial charge is 0.338 e. The summed E-state index contributed by atoms with van der Waals surface area (Å²) in [7, 11) is 0. The van der Waals surface area contributed by atoms with E-state index >= 15 is 0 Å². The maximum absolute atomic E-state index is 11.1. The summed E-state index contributed by atoms with van der Waals surface area (Å²) in [6.07, 6.45) is 3.65. The molecule has 1 fully saturated rings. The molecule has 0 radical (unpaired) electrons. The minimum Gasteiger partial charge on any atom is -0.459 e. The minimum absolute atomic E-state index is 0.115. The molecule has 0 saturated carbocycles. The summed E-state index contributed by atoms with van der Waals surface area (Å²) in [5.74, 6) is -0.449. The van der Waals surface area contributed by atoms with Gasteiger partial charge in [-0.25, -0.2) is 4.79 Å². The summed E-state index contributed by atoms with van der Waals surface area (Å²) < 4.78 is 10.3. The highest BCUT2D eigenvalue weighted by molar-refractivity contribution is 6.25.